The molecule has 0 spiro atoms. The van der Waals surface area contributed by atoms with Crippen LogP contribution in [0, 0.1) is 6.92 Å². The lowest BCUT2D eigenvalue weighted by molar-refractivity contribution is -0.234. The van der Waals surface area contributed by atoms with Crippen molar-refractivity contribution < 1.29 is 142 Å². The molecule has 1 amide bonds. The number of fused-ring (bicyclic) bond motifs is 4. The van der Waals surface area contributed by atoms with Crippen LogP contribution in [0.25, 0.3) is 0 Å². The number of rotatable bonds is 19. The van der Waals surface area contributed by atoms with Gasteiger partial charge in [0.25, 0.3) is 10.1 Å². The van der Waals surface area contributed by atoms with Crippen molar-refractivity contribution in [2.45, 2.75) is 342 Å². The van der Waals surface area contributed by atoms with Gasteiger partial charge in [-0.1, -0.05) is 37.0 Å². The minimum atomic E-state index is -3.87. The number of piperidine rings is 3. The van der Waals surface area contributed by atoms with E-state index in [2.05, 4.69) is 10.6 Å². The number of hydrogen-bond donors (Lipinski definition) is 7. The highest BCUT2D eigenvalue weighted by atomic mass is 35.5. The second-order valence-electron chi connectivity index (χ2n) is 32.3. The van der Waals surface area contributed by atoms with E-state index < -0.39 is 101 Å². The predicted octanol–water partition coefficient (Wildman–Crippen LogP) is 4.72. The molecule has 1 aliphatic carbocycles. The number of carbonyl (C=O) groups is 1. The lowest BCUT2D eigenvalue weighted by Crippen LogP contribution is -2.46. The molecule has 0 aromatic heterocycles. The summed E-state index contributed by atoms with van der Waals surface area (Å²) < 4.78 is 149. The largest absolute Gasteiger partial charge is 0.444 e. The molecule has 13 fully saturated rings. The van der Waals surface area contributed by atoms with Crippen molar-refractivity contribution in [3.8, 4) is 0 Å². The number of nitrogens with zero attached hydrogens (tertiary/aromatic N) is 1. The monoisotopic (exact) mass is 1620 g/mol. The average Bonchev–Trinajstić information content (AvgIpc) is 1.64. The molecule has 110 heavy (non-hydrogen) atoms. The number of benzene rings is 1. The summed E-state index contributed by atoms with van der Waals surface area (Å²) in [5.74, 6) is -2.64. The van der Waals surface area contributed by atoms with E-state index >= 15 is 0 Å². The maximum absolute atomic E-state index is 12.3. The number of aliphatic hydroxyl groups excluding tert-OH is 5. The first-order valence-electron chi connectivity index (χ1n) is 39.0. The summed E-state index contributed by atoms with van der Waals surface area (Å²) in [6, 6.07) is 6.48. The Morgan fingerprint density at radius 3 is 1.33 bits per heavy atom. The minimum absolute atomic E-state index is 0. The number of ether oxygens (including phenoxy) is 21. The Balaban J connectivity index is 0.000000171. The maximum Gasteiger partial charge on any atom is 0.410 e. The third-order valence-corrected chi connectivity index (χ3v) is 21.6. The van der Waals surface area contributed by atoms with Crippen molar-refractivity contribution in [3.63, 3.8) is 0 Å². The SMILES string of the molecule is CCOC1OC(COS(=O)(=O)c2ccc(C)cc2)C2OC(C)(C)OC12.COC1OC(CO)C2OC(C)(C)OC12.COC1OC(COC2CCCN(C(=O)OC(C)(C)C)C2)C2OC(C)(C)OC12.COC1OC(COC2CCCNC2)C2OC(C)(C)OC12.Cl.OC1CCCCC1.OC1OC(COC2CCCNC2)C(O)C1O. The van der Waals surface area contributed by atoms with E-state index in [0.717, 1.165) is 83.1 Å². The van der Waals surface area contributed by atoms with Crippen LogP contribution in [0.1, 0.15) is 159 Å². The summed E-state index contributed by atoms with van der Waals surface area (Å²) in [6.07, 6.45) is 2.46. The molecule has 12 heterocycles. The van der Waals surface area contributed by atoms with Crippen molar-refractivity contribution in [1.29, 1.82) is 0 Å². The van der Waals surface area contributed by atoms with Gasteiger partial charge in [-0.2, -0.15) is 8.42 Å². The van der Waals surface area contributed by atoms with Gasteiger partial charge in [0, 0.05) is 47.6 Å². The summed E-state index contributed by atoms with van der Waals surface area (Å²) in [6.45, 7) is 30.5. The number of aliphatic hydroxyl groups is 5. The van der Waals surface area contributed by atoms with Crippen LogP contribution in [0.2, 0.25) is 0 Å². The summed E-state index contributed by atoms with van der Waals surface area (Å²) in [7, 11) is 0.909. The lowest BCUT2D eigenvalue weighted by Gasteiger charge is -2.34. The van der Waals surface area contributed by atoms with Crippen LogP contribution < -0.4 is 10.6 Å². The second kappa shape index (κ2) is 41.8. The number of amides is 1. The van der Waals surface area contributed by atoms with Gasteiger partial charge < -0.3 is 141 Å². The fourth-order valence-corrected chi connectivity index (χ4v) is 16.0. The number of methoxy groups -OCH3 is 3. The van der Waals surface area contributed by atoms with Gasteiger partial charge in [-0.15, -0.1) is 12.4 Å². The van der Waals surface area contributed by atoms with Gasteiger partial charge in [-0.05, 0) is 167 Å². The van der Waals surface area contributed by atoms with Gasteiger partial charge >= 0.3 is 6.09 Å². The first-order valence-corrected chi connectivity index (χ1v) is 40.4. The summed E-state index contributed by atoms with van der Waals surface area (Å²) in [5.41, 5.74) is 0.471. The summed E-state index contributed by atoms with van der Waals surface area (Å²) in [5, 5.41) is 52.5. The Bertz CT molecular complexity index is 2960. The van der Waals surface area contributed by atoms with Crippen LogP contribution in [0.15, 0.2) is 29.2 Å². The number of hydrogen-bond acceptors (Lipinski definition) is 32. The fourth-order valence-electron chi connectivity index (χ4n) is 15.0. The van der Waals surface area contributed by atoms with E-state index in [1.807, 2.05) is 76.2 Å². The molecule has 13 aliphatic rings. The molecule has 23 atom stereocenters. The highest BCUT2D eigenvalue weighted by Gasteiger charge is 2.60. The van der Waals surface area contributed by atoms with E-state index in [-0.39, 0.29) is 129 Å². The Hall–Kier alpha value is -2.39. The molecule has 12 aliphatic heterocycles. The highest BCUT2D eigenvalue weighted by molar-refractivity contribution is 7.86. The van der Waals surface area contributed by atoms with Gasteiger partial charge in [0.15, 0.2) is 54.6 Å². The van der Waals surface area contributed by atoms with Gasteiger partial charge in [0.05, 0.1) is 68.9 Å². The standard InChI is InChI=1S/C19H33NO7.C17H24O7S.C14H25NO5.C10H19NO5.C9H16O5.C6H12O.ClH/c1-18(2,3)27-17(21)20-9-7-8-12(10-20)23-11-13-14-15(16(22-6)24-13)26-19(4,5)25-14;1-5-20-16-15-14(23-17(3,4)24-15)13(22-16)10-21-25(18,19)12-8-6-11(2)7-9-12;1-14(2)19-11-10(18-13(16-3)12(11)20-14)8-17-9-5-4-6-15-7-9;12-8-7(16-10(14)9(8)13)5-15-6-2-1-3-11-4-6;1-9(2)13-6-5(4-10)12-8(11-3)7(6)14-9;7-6-4-2-1-3-5-6;/h12-16H,7-11H2,1-6H3;6-9,13-16H,5,10H2,1-4H3;9-13,15H,4-8H2,1-3H3;6-14H,1-5H2;5-8,10H,4H2,1-3H3;6-7H,1-5H2;1H. The third-order valence-electron chi connectivity index (χ3n) is 20.3. The van der Waals surface area contributed by atoms with Crippen LogP contribution in [0.4, 0.5) is 4.79 Å². The van der Waals surface area contributed by atoms with Crippen molar-refractivity contribution in [2.75, 3.05) is 100 Å². The Morgan fingerprint density at radius 2 is 0.927 bits per heavy atom. The zero-order valence-electron chi connectivity index (χ0n) is 67.1. The average molecular weight is 1620 g/mol. The predicted molar refractivity (Wildman–Crippen MR) is 394 cm³/mol. The van der Waals surface area contributed by atoms with Gasteiger partial charge in [0.2, 0.25) is 0 Å². The summed E-state index contributed by atoms with van der Waals surface area (Å²) in [4.78, 5) is 14.1. The lowest BCUT2D eigenvalue weighted by atomic mass is 9.98. The molecule has 12 saturated heterocycles. The highest BCUT2D eigenvalue weighted by Crippen LogP contribution is 2.43. The molecule has 23 unspecified atom stereocenters. The Kier molecular flexibility index (Phi) is 35.4. The normalized spacial score (nSPS) is 37.8. The van der Waals surface area contributed by atoms with E-state index in [1.54, 1.807) is 52.2 Å². The minimum Gasteiger partial charge on any atom is -0.444 e. The van der Waals surface area contributed by atoms with E-state index in [0.29, 0.717) is 32.9 Å². The maximum atomic E-state index is 12.3. The van der Waals surface area contributed by atoms with Gasteiger partial charge in [-0.3, -0.25) is 4.18 Å². The molecular weight excluding hydrogens is 1490 g/mol. The van der Waals surface area contributed by atoms with Crippen molar-refractivity contribution >= 4 is 28.6 Å². The van der Waals surface area contributed by atoms with Crippen molar-refractivity contribution in [3.05, 3.63) is 29.8 Å². The van der Waals surface area contributed by atoms with Crippen LogP contribution in [0.5, 0.6) is 0 Å². The first-order chi connectivity index (χ1) is 51.5. The van der Waals surface area contributed by atoms with Gasteiger partial charge in [0.1, 0.15) is 97.2 Å². The van der Waals surface area contributed by atoms with Crippen LogP contribution >= 0.6 is 12.4 Å². The zero-order chi connectivity index (χ0) is 79.2. The molecule has 1 aromatic rings. The number of aryl methyl sites for hydroxylation is 1. The smallest absolute Gasteiger partial charge is 0.410 e. The molecule has 35 heteroatoms. The van der Waals surface area contributed by atoms with Crippen LogP contribution in [-0.2, 0) is 114 Å². The van der Waals surface area contributed by atoms with Crippen molar-refractivity contribution in [1.82, 2.24) is 15.5 Å². The number of halogens is 1. The Morgan fingerprint density at radius 1 is 0.518 bits per heavy atom. The molecule has 7 N–H and O–H groups in total. The number of nitrogens with one attached hydrogen (secondary N) is 2. The topological polar surface area (TPSA) is 383 Å². The second-order valence-corrected chi connectivity index (χ2v) is 33.9. The summed E-state index contributed by atoms with van der Waals surface area (Å²) >= 11 is 0. The van der Waals surface area contributed by atoms with Crippen molar-refractivity contribution in [2.24, 2.45) is 0 Å². The fraction of sp³-hybridized carbons (Fsp3) is 0.907. The molecule has 0 bridgehead atoms. The Labute approximate surface area is 655 Å². The quantitative estimate of drug-likeness (QED) is 0.0921. The molecular formula is C75H130ClN3O30S. The van der Waals surface area contributed by atoms with E-state index in [1.165, 1.54) is 31.4 Å². The van der Waals surface area contributed by atoms with E-state index in [9.17, 15) is 28.5 Å². The van der Waals surface area contributed by atoms with E-state index in [4.69, 9.17) is 114 Å². The van der Waals surface area contributed by atoms with Gasteiger partial charge in [-0.25, -0.2) is 4.79 Å². The molecule has 14 rings (SSSR count). The first kappa shape index (κ1) is 93.1. The molecule has 1 saturated carbocycles. The molecule has 33 nitrogen and oxygen atoms in total. The van der Waals surface area contributed by atoms with Crippen LogP contribution in [0.3, 0.4) is 0 Å². The van der Waals surface area contributed by atoms with Crippen LogP contribution in [-0.4, -0.2) is 321 Å². The third kappa shape index (κ3) is 26.6. The molecule has 638 valence electrons. The zero-order valence-corrected chi connectivity index (χ0v) is 68.8. The molecule has 1 aromatic carbocycles. The number of likely N-dealkylation sites (tertiary alicyclic amines) is 1. The number of carbonyl (C=O) groups excluding carboxylic acids is 1. The molecule has 0 radical (unpaired) electrons.